The number of nitrogens with zero attached hydrogens (tertiary/aromatic N) is 3. The Morgan fingerprint density at radius 3 is 2.63 bits per heavy atom. The number of imide groups is 1. The highest BCUT2D eigenvalue weighted by Crippen LogP contribution is 2.37. The van der Waals surface area contributed by atoms with Gasteiger partial charge in [0.2, 0.25) is 5.91 Å². The monoisotopic (exact) mass is 590 g/mol. The van der Waals surface area contributed by atoms with Crippen LogP contribution in [-0.4, -0.2) is 104 Å². The molecule has 2 aliphatic rings. The number of carbonyl (C=O) groups excluding carboxylic acids is 4. The molecule has 2 aromatic rings. The highest BCUT2D eigenvalue weighted by atomic mass is 35.5. The predicted molar refractivity (Wildman–Crippen MR) is 139 cm³/mol. The van der Waals surface area contributed by atoms with Gasteiger partial charge in [0.15, 0.2) is 17.5 Å². The summed E-state index contributed by atoms with van der Waals surface area (Å²) < 4.78 is 5.37. The number of hydrogen-bond acceptors (Lipinski definition) is 11. The van der Waals surface area contributed by atoms with E-state index in [0.717, 1.165) is 6.20 Å². The molecular formula is C23H24BClN6O10. The Bertz CT molecular complexity index is 1430. The molecular weight excluding hydrogens is 567 g/mol. The summed E-state index contributed by atoms with van der Waals surface area (Å²) in [6.07, 6.45) is 0.688. The Balaban J connectivity index is 1.60. The molecule has 0 unspecified atom stereocenters. The first-order valence-corrected chi connectivity index (χ1v) is 12.5. The molecule has 41 heavy (non-hydrogen) atoms. The molecule has 8 N–H and O–H groups in total. The average Bonchev–Trinajstić information content (AvgIpc) is 2.93. The van der Waals surface area contributed by atoms with Crippen LogP contribution >= 0.6 is 11.6 Å². The highest BCUT2D eigenvalue weighted by molar-refractivity contribution is 6.47. The molecule has 16 nitrogen and oxygen atoms in total. The van der Waals surface area contributed by atoms with Crippen LogP contribution in [0.15, 0.2) is 24.4 Å². The molecule has 3 heterocycles. The fourth-order valence-corrected chi connectivity index (χ4v) is 4.62. The third kappa shape index (κ3) is 5.81. The molecule has 5 amide bonds. The van der Waals surface area contributed by atoms with Gasteiger partial charge in [0.25, 0.3) is 0 Å². The van der Waals surface area contributed by atoms with Crippen molar-refractivity contribution in [3.63, 3.8) is 0 Å². The van der Waals surface area contributed by atoms with Gasteiger partial charge in [0.1, 0.15) is 10.8 Å². The summed E-state index contributed by atoms with van der Waals surface area (Å²) in [6.45, 7) is -0.0277. The lowest BCUT2D eigenvalue weighted by atomic mass is 9.72. The standard InChI is InChI=1S/C23H24BClN6O10/c25-14-15(27-9-12(32)17(14)33)16(29-23(39)31-7-6-30(5-4-26)20(35)21(31)36)19(34)28-13-8-10-2-1-3-11(22(37)38)18(10)41-24(13)40/h1-3,9,13,16,32,40H,4-8,26H2,(H,27,33)(H,28,34)(H,29,39)(H,37,38)/t13-,16+/m0/s1. The summed E-state index contributed by atoms with van der Waals surface area (Å²) in [5.41, 5.74) is 5.17. The van der Waals surface area contributed by atoms with E-state index in [1.807, 2.05) is 0 Å². The lowest BCUT2D eigenvalue weighted by Crippen LogP contribution is -2.60. The molecule has 1 aromatic carbocycles. The largest absolute Gasteiger partial charge is 0.547 e. The maximum Gasteiger partial charge on any atom is 0.547 e. The molecule has 2 atom stereocenters. The third-order valence-corrected chi connectivity index (χ3v) is 6.81. The van der Waals surface area contributed by atoms with Gasteiger partial charge in [0.05, 0.1) is 23.4 Å². The van der Waals surface area contributed by atoms with Crippen LogP contribution in [0.3, 0.4) is 0 Å². The Morgan fingerprint density at radius 2 is 1.95 bits per heavy atom. The maximum atomic E-state index is 13.5. The number of rotatable bonds is 7. The molecule has 1 fully saturated rings. The number of piperazine rings is 1. The maximum absolute atomic E-state index is 13.5. The molecule has 0 saturated carbocycles. The number of hydrogen-bond donors (Lipinski definition) is 7. The minimum absolute atomic E-state index is 0.00555. The zero-order chi connectivity index (χ0) is 30.0. The van der Waals surface area contributed by atoms with Gasteiger partial charge in [-0.2, -0.15) is 0 Å². The summed E-state index contributed by atoms with van der Waals surface area (Å²) in [5.74, 6) is -7.27. The third-order valence-electron chi connectivity index (χ3n) is 6.44. The van der Waals surface area contributed by atoms with Crippen molar-refractivity contribution >= 4 is 48.4 Å². The van der Waals surface area contributed by atoms with Crippen molar-refractivity contribution in [2.45, 2.75) is 18.4 Å². The average molecular weight is 591 g/mol. The van der Waals surface area contributed by atoms with Crippen molar-refractivity contribution in [2.24, 2.45) is 5.73 Å². The van der Waals surface area contributed by atoms with Crippen LogP contribution in [0.4, 0.5) is 4.79 Å². The SMILES string of the molecule is NCCN1CCN(C(=O)N[C@@H](C(=O)N[C@H]2Cc3cccc(C(=O)O)c3OB2O)c2ncc(O)c(O)c2Cl)C(=O)C1=O. The van der Waals surface area contributed by atoms with E-state index in [0.29, 0.717) is 10.5 Å². The summed E-state index contributed by atoms with van der Waals surface area (Å²) in [6, 6.07) is 1.30. The molecule has 0 bridgehead atoms. The van der Waals surface area contributed by atoms with E-state index in [1.54, 1.807) is 0 Å². The number of aromatic carboxylic acids is 1. The number of para-hydroxylation sites is 1. The Morgan fingerprint density at radius 1 is 1.22 bits per heavy atom. The number of carbonyl (C=O) groups is 5. The molecule has 4 rings (SSSR count). The quantitative estimate of drug-likeness (QED) is 0.142. The van der Waals surface area contributed by atoms with Crippen molar-refractivity contribution < 1.29 is 49.0 Å². The minimum Gasteiger partial charge on any atom is -0.534 e. The number of aromatic hydroxyl groups is 2. The van der Waals surface area contributed by atoms with Gasteiger partial charge in [-0.25, -0.2) is 9.59 Å². The Kier molecular flexibility index (Phi) is 8.51. The fraction of sp³-hybridized carbons (Fsp3) is 0.304. The first-order valence-electron chi connectivity index (χ1n) is 12.1. The number of carboxylic acids is 1. The van der Waals surface area contributed by atoms with Crippen LogP contribution in [0.5, 0.6) is 17.2 Å². The zero-order valence-corrected chi connectivity index (χ0v) is 21.9. The molecule has 0 spiro atoms. The lowest BCUT2D eigenvalue weighted by molar-refractivity contribution is -0.153. The van der Waals surface area contributed by atoms with Crippen LogP contribution in [0.1, 0.15) is 27.7 Å². The Labute approximate surface area is 236 Å². The van der Waals surface area contributed by atoms with Crippen molar-refractivity contribution in [2.75, 3.05) is 26.2 Å². The number of fused-ring (bicyclic) bond motifs is 1. The first kappa shape index (κ1) is 29.4. The van der Waals surface area contributed by atoms with E-state index in [1.165, 1.54) is 23.1 Å². The van der Waals surface area contributed by atoms with E-state index >= 15 is 0 Å². The molecule has 0 aliphatic carbocycles. The number of nitrogens with two attached hydrogens (primary N) is 1. The normalized spacial score (nSPS) is 17.4. The second-order valence-corrected chi connectivity index (χ2v) is 9.42. The topological polar surface area (TPSA) is 245 Å². The van der Waals surface area contributed by atoms with Gasteiger partial charge in [-0.15, -0.1) is 0 Å². The van der Waals surface area contributed by atoms with Gasteiger partial charge in [-0.1, -0.05) is 23.7 Å². The van der Waals surface area contributed by atoms with Gasteiger partial charge in [-0.05, 0) is 18.1 Å². The smallest absolute Gasteiger partial charge is 0.534 e. The lowest BCUT2D eigenvalue weighted by Gasteiger charge is -2.33. The fourth-order valence-electron chi connectivity index (χ4n) is 4.36. The van der Waals surface area contributed by atoms with Crippen LogP contribution in [0.2, 0.25) is 5.02 Å². The van der Waals surface area contributed by atoms with E-state index in [-0.39, 0.29) is 43.9 Å². The Hall–Kier alpha value is -4.61. The van der Waals surface area contributed by atoms with Crippen LogP contribution in [0.25, 0.3) is 0 Å². The van der Waals surface area contributed by atoms with Gasteiger partial charge in [0, 0.05) is 26.2 Å². The predicted octanol–water partition coefficient (Wildman–Crippen LogP) is -1.64. The van der Waals surface area contributed by atoms with E-state index < -0.39 is 71.0 Å². The van der Waals surface area contributed by atoms with Gasteiger partial charge in [-0.3, -0.25) is 24.3 Å². The first-order chi connectivity index (χ1) is 19.4. The number of amides is 5. The minimum atomic E-state index is -1.81. The molecule has 2 aliphatic heterocycles. The number of nitrogens with one attached hydrogen (secondary N) is 2. The number of urea groups is 1. The number of benzene rings is 1. The van der Waals surface area contributed by atoms with Gasteiger partial charge >= 0.3 is 30.9 Å². The number of halogens is 1. The number of aromatic nitrogens is 1. The summed E-state index contributed by atoms with van der Waals surface area (Å²) in [5, 5.41) is 43.9. The van der Waals surface area contributed by atoms with Crippen molar-refractivity contribution in [1.82, 2.24) is 25.4 Å². The van der Waals surface area contributed by atoms with Crippen molar-refractivity contribution in [3.8, 4) is 17.2 Å². The summed E-state index contributed by atoms with van der Waals surface area (Å²) in [7, 11) is -1.71. The molecule has 0 radical (unpaired) electrons. The van der Waals surface area contributed by atoms with E-state index in [9.17, 15) is 44.3 Å². The summed E-state index contributed by atoms with van der Waals surface area (Å²) >= 11 is 6.11. The second kappa shape index (κ2) is 11.9. The highest BCUT2D eigenvalue weighted by Gasteiger charge is 2.42. The summed E-state index contributed by atoms with van der Waals surface area (Å²) in [4.78, 5) is 68.6. The van der Waals surface area contributed by atoms with Crippen molar-refractivity contribution in [1.29, 1.82) is 0 Å². The zero-order valence-electron chi connectivity index (χ0n) is 21.1. The molecule has 1 saturated heterocycles. The molecule has 18 heteroatoms. The second-order valence-electron chi connectivity index (χ2n) is 9.04. The molecule has 216 valence electrons. The van der Waals surface area contributed by atoms with Gasteiger partial charge < -0.3 is 46.3 Å². The van der Waals surface area contributed by atoms with Crippen LogP contribution < -0.4 is 21.0 Å². The van der Waals surface area contributed by atoms with Crippen molar-refractivity contribution in [3.05, 3.63) is 46.2 Å². The van der Waals surface area contributed by atoms with E-state index in [2.05, 4.69) is 15.6 Å². The van der Waals surface area contributed by atoms with Crippen LogP contribution in [-0.2, 0) is 20.8 Å². The van der Waals surface area contributed by atoms with Crippen LogP contribution in [0, 0.1) is 0 Å². The number of carboxylic acid groups (broad SMARTS) is 1. The molecule has 1 aromatic heterocycles. The van der Waals surface area contributed by atoms with E-state index in [4.69, 9.17) is 22.0 Å². The number of pyridine rings is 1.